The van der Waals surface area contributed by atoms with Crippen LogP contribution in [-0.4, -0.2) is 31.4 Å². The zero-order valence-corrected chi connectivity index (χ0v) is 14.2. The number of anilines is 1. The highest BCUT2D eigenvalue weighted by molar-refractivity contribution is 7.99. The van der Waals surface area contributed by atoms with Gasteiger partial charge in [-0.1, -0.05) is 17.8 Å². The smallest absolute Gasteiger partial charge is 0.234 e. The van der Waals surface area contributed by atoms with Gasteiger partial charge in [0.2, 0.25) is 5.91 Å². The molecular formula is C17H14N6OS. The summed E-state index contributed by atoms with van der Waals surface area (Å²) in [6.45, 7) is 0. The number of hydrogen-bond acceptors (Lipinski definition) is 6. The van der Waals surface area contributed by atoms with Crippen LogP contribution in [-0.2, 0) is 11.8 Å². The molecule has 124 valence electrons. The zero-order chi connectivity index (χ0) is 17.6. The number of carbonyl (C=O) groups is 1. The van der Waals surface area contributed by atoms with Crippen LogP contribution in [0.25, 0.3) is 11.4 Å². The highest BCUT2D eigenvalue weighted by Gasteiger charge is 2.13. The zero-order valence-electron chi connectivity index (χ0n) is 13.4. The van der Waals surface area contributed by atoms with Crippen molar-refractivity contribution in [3.63, 3.8) is 0 Å². The Labute approximate surface area is 148 Å². The van der Waals surface area contributed by atoms with Gasteiger partial charge in [0.15, 0.2) is 11.0 Å². The first-order valence-electron chi connectivity index (χ1n) is 7.40. The predicted octanol–water partition coefficient (Wildman–Crippen LogP) is 2.48. The van der Waals surface area contributed by atoms with Crippen LogP contribution in [0.5, 0.6) is 0 Å². The van der Waals surface area contributed by atoms with Gasteiger partial charge in [0.05, 0.1) is 17.4 Å². The van der Waals surface area contributed by atoms with E-state index >= 15 is 0 Å². The molecule has 0 atom stereocenters. The number of amides is 1. The van der Waals surface area contributed by atoms with Crippen molar-refractivity contribution < 1.29 is 4.79 Å². The van der Waals surface area contributed by atoms with E-state index in [4.69, 9.17) is 5.26 Å². The van der Waals surface area contributed by atoms with Crippen LogP contribution in [0.4, 0.5) is 5.69 Å². The molecule has 2 heterocycles. The summed E-state index contributed by atoms with van der Waals surface area (Å²) in [6.07, 6.45) is 3.39. The lowest BCUT2D eigenvalue weighted by Gasteiger charge is -2.06. The Hall–Kier alpha value is -3.18. The Morgan fingerprint density at radius 3 is 2.84 bits per heavy atom. The van der Waals surface area contributed by atoms with Gasteiger partial charge in [0.25, 0.3) is 0 Å². The Bertz CT molecular complexity index is 932. The summed E-state index contributed by atoms with van der Waals surface area (Å²) in [5.41, 5.74) is 2.01. The Kier molecular flexibility index (Phi) is 5.06. The monoisotopic (exact) mass is 350 g/mol. The molecule has 0 saturated heterocycles. The molecule has 0 unspecified atom stereocenters. The molecule has 0 aliphatic heterocycles. The molecule has 3 aromatic rings. The summed E-state index contributed by atoms with van der Waals surface area (Å²) in [5.74, 6) is 0.736. The molecule has 8 heteroatoms. The maximum absolute atomic E-state index is 12.1. The number of thioether (sulfide) groups is 1. The minimum Gasteiger partial charge on any atom is -0.325 e. The van der Waals surface area contributed by atoms with Crippen molar-refractivity contribution in [2.24, 2.45) is 7.05 Å². The van der Waals surface area contributed by atoms with Gasteiger partial charge in [-0.2, -0.15) is 5.26 Å². The van der Waals surface area contributed by atoms with E-state index in [1.165, 1.54) is 11.8 Å². The van der Waals surface area contributed by atoms with Crippen molar-refractivity contribution in [3.8, 4) is 17.5 Å². The largest absolute Gasteiger partial charge is 0.325 e. The van der Waals surface area contributed by atoms with E-state index in [-0.39, 0.29) is 11.7 Å². The summed E-state index contributed by atoms with van der Waals surface area (Å²) >= 11 is 1.30. The normalized spacial score (nSPS) is 10.2. The minimum atomic E-state index is -0.173. The molecule has 7 nitrogen and oxygen atoms in total. The van der Waals surface area contributed by atoms with Crippen molar-refractivity contribution in [2.75, 3.05) is 11.1 Å². The van der Waals surface area contributed by atoms with Gasteiger partial charge in [-0.15, -0.1) is 10.2 Å². The van der Waals surface area contributed by atoms with E-state index in [2.05, 4.69) is 20.5 Å². The molecule has 0 radical (unpaired) electrons. The summed E-state index contributed by atoms with van der Waals surface area (Å²) in [6, 6.07) is 12.5. The van der Waals surface area contributed by atoms with Crippen LogP contribution in [0.15, 0.2) is 53.9 Å². The van der Waals surface area contributed by atoms with Gasteiger partial charge in [-0.05, 0) is 30.3 Å². The number of rotatable bonds is 5. The molecular weight excluding hydrogens is 336 g/mol. The van der Waals surface area contributed by atoms with E-state index in [9.17, 15) is 4.79 Å². The fourth-order valence-corrected chi connectivity index (χ4v) is 2.90. The average molecular weight is 350 g/mol. The first kappa shape index (κ1) is 16.7. The molecule has 2 aromatic heterocycles. The van der Waals surface area contributed by atoms with Gasteiger partial charge in [0, 0.05) is 30.7 Å². The quantitative estimate of drug-likeness (QED) is 0.710. The summed E-state index contributed by atoms with van der Waals surface area (Å²) < 4.78 is 1.84. The van der Waals surface area contributed by atoms with Crippen molar-refractivity contribution in [2.45, 2.75) is 5.16 Å². The summed E-state index contributed by atoms with van der Waals surface area (Å²) in [7, 11) is 1.85. The first-order valence-corrected chi connectivity index (χ1v) is 8.38. The van der Waals surface area contributed by atoms with Crippen LogP contribution in [0, 0.1) is 11.3 Å². The number of carbonyl (C=O) groups excluding carboxylic acids is 1. The van der Waals surface area contributed by atoms with Crippen molar-refractivity contribution in [1.82, 2.24) is 19.7 Å². The van der Waals surface area contributed by atoms with E-state index in [1.807, 2.05) is 29.8 Å². The van der Waals surface area contributed by atoms with Crippen LogP contribution in [0.1, 0.15) is 5.56 Å². The first-order chi connectivity index (χ1) is 12.2. The summed E-state index contributed by atoms with van der Waals surface area (Å²) in [5, 5.41) is 20.6. The number of pyridine rings is 1. The Balaban J connectivity index is 1.63. The molecule has 0 fully saturated rings. The molecule has 0 saturated carbocycles. The second-order valence-electron chi connectivity index (χ2n) is 5.13. The lowest BCUT2D eigenvalue weighted by Crippen LogP contribution is -2.14. The second-order valence-corrected chi connectivity index (χ2v) is 6.07. The highest BCUT2D eigenvalue weighted by Crippen LogP contribution is 2.22. The maximum Gasteiger partial charge on any atom is 0.234 e. The van der Waals surface area contributed by atoms with E-state index < -0.39 is 0 Å². The lowest BCUT2D eigenvalue weighted by atomic mass is 10.2. The average Bonchev–Trinajstić information content (AvgIpc) is 3.01. The van der Waals surface area contributed by atoms with Crippen molar-refractivity contribution >= 4 is 23.4 Å². The number of nitrogens with one attached hydrogen (secondary N) is 1. The number of nitrogens with zero attached hydrogens (tertiary/aromatic N) is 5. The predicted molar refractivity (Wildman–Crippen MR) is 94.7 cm³/mol. The van der Waals surface area contributed by atoms with Crippen LogP contribution in [0.2, 0.25) is 0 Å². The molecule has 25 heavy (non-hydrogen) atoms. The third-order valence-electron chi connectivity index (χ3n) is 3.38. The maximum atomic E-state index is 12.1. The molecule has 0 spiro atoms. The third-order valence-corrected chi connectivity index (χ3v) is 4.40. The molecule has 0 aliphatic carbocycles. The van der Waals surface area contributed by atoms with Crippen LogP contribution in [0.3, 0.4) is 0 Å². The molecule has 3 rings (SSSR count). The SMILES string of the molecule is Cn1c(SCC(=O)Nc2cccc(C#N)c2)nnc1-c1ccncc1. The second kappa shape index (κ2) is 7.59. The van der Waals surface area contributed by atoms with Gasteiger partial charge < -0.3 is 9.88 Å². The Morgan fingerprint density at radius 2 is 2.08 bits per heavy atom. The number of nitriles is 1. The fraction of sp³-hybridized carbons (Fsp3) is 0.118. The molecule has 1 amide bonds. The van der Waals surface area contributed by atoms with Gasteiger partial charge in [-0.3, -0.25) is 9.78 Å². The van der Waals surface area contributed by atoms with E-state index in [0.29, 0.717) is 22.2 Å². The number of hydrogen-bond donors (Lipinski definition) is 1. The van der Waals surface area contributed by atoms with E-state index in [1.54, 1.807) is 36.7 Å². The molecule has 0 bridgehead atoms. The fourth-order valence-electron chi connectivity index (χ4n) is 2.19. The minimum absolute atomic E-state index is 0.173. The van der Waals surface area contributed by atoms with Gasteiger partial charge in [-0.25, -0.2) is 0 Å². The van der Waals surface area contributed by atoms with Crippen LogP contribution < -0.4 is 5.32 Å². The lowest BCUT2D eigenvalue weighted by molar-refractivity contribution is -0.113. The molecule has 1 aromatic carbocycles. The highest BCUT2D eigenvalue weighted by atomic mass is 32.2. The standard InChI is InChI=1S/C17H14N6OS/c1-23-16(13-5-7-19-8-6-13)21-22-17(23)25-11-15(24)20-14-4-2-3-12(9-14)10-18/h2-9H,11H2,1H3,(H,20,24). The van der Waals surface area contributed by atoms with Crippen molar-refractivity contribution in [3.05, 3.63) is 54.4 Å². The molecule has 1 N–H and O–H groups in total. The van der Waals surface area contributed by atoms with Crippen molar-refractivity contribution in [1.29, 1.82) is 5.26 Å². The third kappa shape index (κ3) is 4.02. The number of benzene rings is 1. The van der Waals surface area contributed by atoms with Crippen LogP contribution >= 0.6 is 11.8 Å². The Morgan fingerprint density at radius 1 is 1.28 bits per heavy atom. The summed E-state index contributed by atoms with van der Waals surface area (Å²) in [4.78, 5) is 16.1. The van der Waals surface area contributed by atoms with Gasteiger partial charge in [0.1, 0.15) is 0 Å². The van der Waals surface area contributed by atoms with E-state index in [0.717, 1.165) is 5.56 Å². The topological polar surface area (TPSA) is 96.5 Å². The van der Waals surface area contributed by atoms with Gasteiger partial charge >= 0.3 is 0 Å². The molecule has 0 aliphatic rings. The number of aromatic nitrogens is 4.